The molecule has 0 rings (SSSR count). The number of hydrogen-bond acceptors (Lipinski definition) is 5. The van der Waals surface area contributed by atoms with Gasteiger partial charge in [0, 0.05) is 13.5 Å². The lowest BCUT2D eigenvalue weighted by Gasteiger charge is -2.21. The van der Waals surface area contributed by atoms with Gasteiger partial charge in [0.2, 0.25) is 6.29 Å². The average molecular weight is 388 g/mol. The van der Waals surface area contributed by atoms with Crippen LogP contribution in [0.15, 0.2) is 0 Å². The lowest BCUT2D eigenvalue weighted by Crippen LogP contribution is -2.36. The lowest BCUT2D eigenvalue weighted by molar-refractivity contribution is -0.168. The minimum Gasteiger partial charge on any atom is -0.481 e. The van der Waals surface area contributed by atoms with Crippen molar-refractivity contribution in [2.45, 2.75) is 79.9 Å². The molecular formula is C20H37NO6. The van der Waals surface area contributed by atoms with Crippen LogP contribution in [0, 0.1) is 23.7 Å². The molecule has 158 valence electrons. The number of aliphatic carboxylic acids is 1. The molecule has 0 aliphatic rings. The quantitative estimate of drug-likeness (QED) is 0.363. The van der Waals surface area contributed by atoms with Gasteiger partial charge in [-0.1, -0.05) is 60.3 Å². The molecule has 1 amide bonds. The van der Waals surface area contributed by atoms with E-state index in [1.54, 1.807) is 13.8 Å². The standard InChI is InChI=1S/C20H37NO6/c1-7-16(10-8-9-13(2)3)11-17(18(22)23)12-21-20(25)27-15(6)26-19(24)14(4)5/h13-17H,7-12H2,1-6H3,(H,21,25)(H,22,23)/t15-,16+,17+/m1/s1. The predicted octanol–water partition coefficient (Wildman–Crippen LogP) is 4.20. The van der Waals surface area contributed by atoms with Gasteiger partial charge in [-0.05, 0) is 18.3 Å². The summed E-state index contributed by atoms with van der Waals surface area (Å²) in [7, 11) is 0. The third kappa shape index (κ3) is 12.3. The van der Waals surface area contributed by atoms with E-state index >= 15 is 0 Å². The van der Waals surface area contributed by atoms with Crippen LogP contribution >= 0.6 is 0 Å². The Morgan fingerprint density at radius 2 is 1.63 bits per heavy atom. The maximum Gasteiger partial charge on any atom is 0.410 e. The second-order valence-corrected chi connectivity index (χ2v) is 7.82. The molecular weight excluding hydrogens is 350 g/mol. The number of ether oxygens (including phenoxy) is 2. The molecule has 27 heavy (non-hydrogen) atoms. The van der Waals surface area contributed by atoms with Gasteiger partial charge in [-0.2, -0.15) is 0 Å². The van der Waals surface area contributed by atoms with Crippen LogP contribution < -0.4 is 5.32 Å². The van der Waals surface area contributed by atoms with Crippen LogP contribution in [0.1, 0.15) is 73.6 Å². The molecule has 0 unspecified atom stereocenters. The van der Waals surface area contributed by atoms with Gasteiger partial charge in [0.25, 0.3) is 0 Å². The van der Waals surface area contributed by atoms with Crippen LogP contribution in [0.2, 0.25) is 0 Å². The Balaban J connectivity index is 4.42. The minimum absolute atomic E-state index is 0.0142. The smallest absolute Gasteiger partial charge is 0.410 e. The molecule has 0 saturated carbocycles. The second-order valence-electron chi connectivity index (χ2n) is 7.82. The van der Waals surface area contributed by atoms with Gasteiger partial charge in [-0.3, -0.25) is 9.59 Å². The summed E-state index contributed by atoms with van der Waals surface area (Å²) in [4.78, 5) is 34.8. The summed E-state index contributed by atoms with van der Waals surface area (Å²) in [5.74, 6) is -1.44. The first kappa shape index (κ1) is 25.2. The van der Waals surface area contributed by atoms with Crippen LogP contribution in [0.5, 0.6) is 0 Å². The molecule has 0 aromatic rings. The van der Waals surface area contributed by atoms with E-state index in [0.717, 1.165) is 25.7 Å². The molecule has 0 heterocycles. The molecule has 7 heteroatoms. The third-order valence-electron chi connectivity index (χ3n) is 4.46. The molecule has 0 aliphatic heterocycles. The molecule has 0 radical (unpaired) electrons. The maximum absolute atomic E-state index is 11.8. The number of rotatable bonds is 13. The molecule has 0 fully saturated rings. The van der Waals surface area contributed by atoms with Gasteiger partial charge in [0.1, 0.15) is 0 Å². The van der Waals surface area contributed by atoms with E-state index in [0.29, 0.717) is 18.3 Å². The van der Waals surface area contributed by atoms with E-state index in [-0.39, 0.29) is 12.5 Å². The van der Waals surface area contributed by atoms with E-state index in [1.807, 2.05) is 0 Å². The zero-order valence-corrected chi connectivity index (χ0v) is 17.6. The number of carboxylic acid groups (broad SMARTS) is 1. The zero-order chi connectivity index (χ0) is 21.0. The van der Waals surface area contributed by atoms with Crippen LogP contribution in [0.4, 0.5) is 4.79 Å². The Hall–Kier alpha value is -1.79. The average Bonchev–Trinajstić information content (AvgIpc) is 2.55. The first-order valence-electron chi connectivity index (χ1n) is 9.94. The largest absolute Gasteiger partial charge is 0.481 e. The molecule has 0 spiro atoms. The maximum atomic E-state index is 11.8. The number of carbonyl (C=O) groups excluding carboxylic acids is 2. The van der Waals surface area contributed by atoms with Crippen molar-refractivity contribution in [1.29, 1.82) is 0 Å². The van der Waals surface area contributed by atoms with Crippen LogP contribution in [0.3, 0.4) is 0 Å². The fourth-order valence-electron chi connectivity index (χ4n) is 2.70. The van der Waals surface area contributed by atoms with Crippen LogP contribution in [0.25, 0.3) is 0 Å². The molecule has 0 saturated heterocycles. The highest BCUT2D eigenvalue weighted by molar-refractivity contribution is 5.73. The Labute approximate surface area is 163 Å². The van der Waals surface area contributed by atoms with Crippen molar-refractivity contribution >= 4 is 18.0 Å². The Bertz CT molecular complexity index is 463. The molecule has 2 N–H and O–H groups in total. The summed E-state index contributed by atoms with van der Waals surface area (Å²) in [5, 5.41) is 11.9. The first-order valence-corrected chi connectivity index (χ1v) is 9.94. The number of amides is 1. The van der Waals surface area contributed by atoms with E-state index < -0.39 is 30.2 Å². The van der Waals surface area contributed by atoms with Gasteiger partial charge in [-0.25, -0.2) is 4.79 Å². The molecule has 3 atom stereocenters. The fourth-order valence-corrected chi connectivity index (χ4v) is 2.70. The van der Waals surface area contributed by atoms with Gasteiger partial charge < -0.3 is 19.9 Å². The van der Waals surface area contributed by atoms with Crippen LogP contribution in [-0.4, -0.2) is 36.0 Å². The van der Waals surface area contributed by atoms with E-state index in [4.69, 9.17) is 9.47 Å². The van der Waals surface area contributed by atoms with E-state index in [1.165, 1.54) is 6.92 Å². The van der Waals surface area contributed by atoms with Gasteiger partial charge in [0.15, 0.2) is 0 Å². The van der Waals surface area contributed by atoms with E-state index in [2.05, 4.69) is 26.1 Å². The van der Waals surface area contributed by atoms with Crippen molar-refractivity contribution in [3.05, 3.63) is 0 Å². The lowest BCUT2D eigenvalue weighted by atomic mass is 9.87. The number of nitrogens with one attached hydrogen (secondary N) is 1. The second kappa shape index (κ2) is 13.4. The van der Waals surface area contributed by atoms with Crippen molar-refractivity contribution in [3.63, 3.8) is 0 Å². The van der Waals surface area contributed by atoms with Crippen molar-refractivity contribution in [2.24, 2.45) is 23.7 Å². The molecule has 0 bridgehead atoms. The Morgan fingerprint density at radius 1 is 1.00 bits per heavy atom. The summed E-state index contributed by atoms with van der Waals surface area (Å²) in [6.45, 7) is 11.2. The highest BCUT2D eigenvalue weighted by Gasteiger charge is 2.23. The monoisotopic (exact) mass is 387 g/mol. The SMILES string of the molecule is CC[C@@H](CCCC(C)C)C[C@@H](CNC(=O)O[C@H](C)OC(=O)C(C)C)C(=O)O. The minimum atomic E-state index is -1.03. The summed E-state index contributed by atoms with van der Waals surface area (Å²) >= 11 is 0. The Morgan fingerprint density at radius 3 is 2.11 bits per heavy atom. The third-order valence-corrected chi connectivity index (χ3v) is 4.46. The van der Waals surface area contributed by atoms with Crippen molar-refractivity contribution in [1.82, 2.24) is 5.32 Å². The van der Waals surface area contributed by atoms with Gasteiger partial charge in [-0.15, -0.1) is 0 Å². The summed E-state index contributed by atoms with van der Waals surface area (Å²) in [6.07, 6.45) is 2.81. The van der Waals surface area contributed by atoms with Crippen molar-refractivity contribution in [3.8, 4) is 0 Å². The number of esters is 1. The topological polar surface area (TPSA) is 102 Å². The normalized spacial score (nSPS) is 14.5. The van der Waals surface area contributed by atoms with Gasteiger partial charge in [0.05, 0.1) is 11.8 Å². The molecule has 7 nitrogen and oxygen atoms in total. The number of alkyl carbamates (subject to hydrolysis) is 1. The van der Waals surface area contributed by atoms with Crippen molar-refractivity contribution < 1.29 is 29.0 Å². The van der Waals surface area contributed by atoms with E-state index in [9.17, 15) is 19.5 Å². The fraction of sp³-hybridized carbons (Fsp3) is 0.850. The number of hydrogen-bond donors (Lipinski definition) is 2. The first-order chi connectivity index (χ1) is 12.6. The predicted molar refractivity (Wildman–Crippen MR) is 103 cm³/mol. The molecule has 0 aliphatic carbocycles. The number of carbonyl (C=O) groups is 3. The number of carboxylic acids is 1. The molecule has 0 aromatic carbocycles. The summed E-state index contributed by atoms with van der Waals surface area (Å²) < 4.78 is 9.88. The summed E-state index contributed by atoms with van der Waals surface area (Å²) in [5.41, 5.74) is 0. The van der Waals surface area contributed by atoms with Crippen LogP contribution in [-0.2, 0) is 19.1 Å². The zero-order valence-electron chi connectivity index (χ0n) is 17.6. The Kier molecular flexibility index (Phi) is 12.5. The van der Waals surface area contributed by atoms with Gasteiger partial charge >= 0.3 is 18.0 Å². The summed E-state index contributed by atoms with van der Waals surface area (Å²) in [6, 6.07) is 0. The van der Waals surface area contributed by atoms with Crippen molar-refractivity contribution in [2.75, 3.05) is 6.54 Å². The highest BCUT2D eigenvalue weighted by Crippen LogP contribution is 2.23. The highest BCUT2D eigenvalue weighted by atomic mass is 16.7. The molecule has 0 aromatic heterocycles.